The standard InChI is InChI=1S/C14H13FN2O4S/c1-8-14(9(2)21-16-8)22(19,20)17-6-5-13(18)11-7-10(15)3-4-12(11)17/h3-4,7H,5-6H2,1-2H3. The fourth-order valence-electron chi connectivity index (χ4n) is 2.61. The maximum absolute atomic E-state index is 13.3. The van der Waals surface area contributed by atoms with Gasteiger partial charge >= 0.3 is 0 Å². The van der Waals surface area contributed by atoms with E-state index in [4.69, 9.17) is 4.52 Å². The van der Waals surface area contributed by atoms with E-state index in [0.717, 1.165) is 16.4 Å². The van der Waals surface area contributed by atoms with Crippen LogP contribution in [0.25, 0.3) is 0 Å². The molecule has 2 heterocycles. The number of ketones is 1. The lowest BCUT2D eigenvalue weighted by molar-refractivity contribution is 0.0981. The first kappa shape index (κ1) is 14.7. The van der Waals surface area contributed by atoms with Crippen molar-refractivity contribution in [3.63, 3.8) is 0 Å². The van der Waals surface area contributed by atoms with Gasteiger partial charge < -0.3 is 4.52 Å². The van der Waals surface area contributed by atoms with Gasteiger partial charge in [-0.2, -0.15) is 0 Å². The Labute approximate surface area is 126 Å². The van der Waals surface area contributed by atoms with Gasteiger partial charge in [0.1, 0.15) is 11.5 Å². The molecule has 0 unspecified atom stereocenters. The van der Waals surface area contributed by atoms with Gasteiger partial charge in [-0.15, -0.1) is 0 Å². The van der Waals surface area contributed by atoms with Crippen LogP contribution in [-0.2, 0) is 10.0 Å². The van der Waals surface area contributed by atoms with E-state index in [1.54, 1.807) is 0 Å². The lowest BCUT2D eigenvalue weighted by atomic mass is 10.0. The molecular formula is C14H13FN2O4S. The molecular weight excluding hydrogens is 311 g/mol. The average Bonchev–Trinajstić information content (AvgIpc) is 2.79. The van der Waals surface area contributed by atoms with E-state index >= 15 is 0 Å². The van der Waals surface area contributed by atoms with Crippen molar-refractivity contribution < 1.29 is 22.1 Å². The van der Waals surface area contributed by atoms with Crippen molar-refractivity contribution in [3.05, 3.63) is 41.0 Å². The van der Waals surface area contributed by atoms with Crippen LogP contribution < -0.4 is 4.31 Å². The molecule has 6 nitrogen and oxygen atoms in total. The lowest BCUT2D eigenvalue weighted by Crippen LogP contribution is -2.37. The summed E-state index contributed by atoms with van der Waals surface area (Å²) < 4.78 is 45.1. The first-order valence-corrected chi connectivity index (χ1v) is 8.04. The zero-order valence-electron chi connectivity index (χ0n) is 12.0. The third kappa shape index (κ3) is 2.10. The number of Topliss-reactive ketones (excluding diaryl/α,β-unsaturated/α-hetero) is 1. The first-order chi connectivity index (χ1) is 10.3. The van der Waals surface area contributed by atoms with Gasteiger partial charge in [0.15, 0.2) is 16.4 Å². The highest BCUT2D eigenvalue weighted by molar-refractivity contribution is 7.93. The fourth-order valence-corrected chi connectivity index (χ4v) is 4.39. The third-order valence-corrected chi connectivity index (χ3v) is 5.64. The predicted molar refractivity (Wildman–Crippen MR) is 75.9 cm³/mol. The molecule has 1 aliphatic heterocycles. The molecule has 0 atom stereocenters. The minimum Gasteiger partial charge on any atom is -0.360 e. The van der Waals surface area contributed by atoms with E-state index in [0.29, 0.717) is 0 Å². The number of carbonyl (C=O) groups excluding carboxylic acids is 1. The smallest absolute Gasteiger partial charge is 0.269 e. The molecule has 1 aliphatic rings. The number of hydrogen-bond donors (Lipinski definition) is 0. The molecule has 0 aliphatic carbocycles. The van der Waals surface area contributed by atoms with Crippen LogP contribution in [0.15, 0.2) is 27.6 Å². The Bertz CT molecular complexity index is 853. The van der Waals surface area contributed by atoms with Crippen LogP contribution in [0.5, 0.6) is 0 Å². The number of sulfonamides is 1. The van der Waals surface area contributed by atoms with Crippen LogP contribution in [0.1, 0.15) is 28.2 Å². The van der Waals surface area contributed by atoms with Crippen LogP contribution in [0.2, 0.25) is 0 Å². The second-order valence-corrected chi connectivity index (χ2v) is 6.86. The Morgan fingerprint density at radius 1 is 1.32 bits per heavy atom. The number of fused-ring (bicyclic) bond motifs is 1. The minimum absolute atomic E-state index is 0.000934. The molecule has 0 saturated carbocycles. The van der Waals surface area contributed by atoms with Crippen molar-refractivity contribution in [1.29, 1.82) is 0 Å². The number of anilines is 1. The predicted octanol–water partition coefficient (Wildman–Crippen LogP) is 2.21. The second-order valence-electron chi connectivity index (χ2n) is 5.07. The summed E-state index contributed by atoms with van der Waals surface area (Å²) in [4.78, 5) is 11.9. The van der Waals surface area contributed by atoms with Crippen LogP contribution in [0.4, 0.5) is 10.1 Å². The fraction of sp³-hybridized carbons (Fsp3) is 0.286. The van der Waals surface area contributed by atoms with Crippen molar-refractivity contribution in [2.75, 3.05) is 10.8 Å². The monoisotopic (exact) mass is 324 g/mol. The van der Waals surface area contributed by atoms with E-state index in [1.165, 1.54) is 19.9 Å². The summed E-state index contributed by atoms with van der Waals surface area (Å²) in [6.07, 6.45) is -0.000934. The minimum atomic E-state index is -3.93. The molecule has 1 aromatic heterocycles. The molecule has 22 heavy (non-hydrogen) atoms. The number of benzene rings is 1. The summed E-state index contributed by atoms with van der Waals surface area (Å²) >= 11 is 0. The summed E-state index contributed by atoms with van der Waals surface area (Å²) in [6, 6.07) is 3.50. The molecule has 0 bridgehead atoms. The first-order valence-electron chi connectivity index (χ1n) is 6.60. The van der Waals surface area contributed by atoms with Crippen LogP contribution in [-0.4, -0.2) is 25.9 Å². The largest absolute Gasteiger partial charge is 0.360 e. The number of nitrogens with zero attached hydrogens (tertiary/aromatic N) is 2. The Kier molecular flexibility index (Phi) is 3.28. The van der Waals surface area contributed by atoms with Gasteiger partial charge in [-0.05, 0) is 32.0 Å². The molecule has 116 valence electrons. The van der Waals surface area contributed by atoms with E-state index in [2.05, 4.69) is 5.16 Å². The molecule has 1 aromatic carbocycles. The molecule has 2 aromatic rings. The van der Waals surface area contributed by atoms with Gasteiger partial charge in [-0.25, -0.2) is 12.8 Å². The molecule has 0 radical (unpaired) electrons. The zero-order valence-corrected chi connectivity index (χ0v) is 12.8. The second kappa shape index (κ2) is 4.91. The highest BCUT2D eigenvalue weighted by Gasteiger charge is 2.36. The van der Waals surface area contributed by atoms with E-state index in [-0.39, 0.29) is 46.3 Å². The summed E-state index contributed by atoms with van der Waals surface area (Å²) in [5, 5.41) is 3.65. The number of aromatic nitrogens is 1. The lowest BCUT2D eigenvalue weighted by Gasteiger charge is -2.29. The highest BCUT2D eigenvalue weighted by Crippen LogP contribution is 2.34. The SMILES string of the molecule is Cc1noc(C)c1S(=O)(=O)N1CCC(=O)c2cc(F)ccc21. The Morgan fingerprint density at radius 3 is 2.68 bits per heavy atom. The maximum atomic E-state index is 13.3. The van der Waals surface area contributed by atoms with Gasteiger partial charge in [-0.3, -0.25) is 9.10 Å². The van der Waals surface area contributed by atoms with E-state index in [9.17, 15) is 17.6 Å². The van der Waals surface area contributed by atoms with Gasteiger partial charge in [0.2, 0.25) is 0 Å². The van der Waals surface area contributed by atoms with Crippen LogP contribution in [0.3, 0.4) is 0 Å². The number of carbonyl (C=O) groups is 1. The van der Waals surface area contributed by atoms with Gasteiger partial charge in [0, 0.05) is 18.5 Å². The quantitative estimate of drug-likeness (QED) is 0.846. The van der Waals surface area contributed by atoms with Crippen molar-refractivity contribution in [1.82, 2.24) is 5.16 Å². The van der Waals surface area contributed by atoms with Crippen LogP contribution in [0, 0.1) is 19.7 Å². The maximum Gasteiger partial charge on any atom is 0.269 e. The molecule has 3 rings (SSSR count). The summed E-state index contributed by atoms with van der Waals surface area (Å²) in [5.74, 6) is -0.679. The molecule has 8 heteroatoms. The van der Waals surface area contributed by atoms with Gasteiger partial charge in [0.05, 0.1) is 5.69 Å². The Hall–Kier alpha value is -2.22. The Balaban J connectivity index is 2.18. The summed E-state index contributed by atoms with van der Waals surface area (Å²) in [6.45, 7) is 3.04. The van der Waals surface area contributed by atoms with Crippen molar-refractivity contribution >= 4 is 21.5 Å². The summed E-state index contributed by atoms with van der Waals surface area (Å²) in [5.41, 5.74) is 0.497. The highest BCUT2D eigenvalue weighted by atomic mass is 32.2. The van der Waals surface area contributed by atoms with Crippen molar-refractivity contribution in [2.45, 2.75) is 25.2 Å². The molecule has 0 spiro atoms. The van der Waals surface area contributed by atoms with Gasteiger partial charge in [-0.1, -0.05) is 5.16 Å². The van der Waals surface area contributed by atoms with Crippen molar-refractivity contribution in [3.8, 4) is 0 Å². The van der Waals surface area contributed by atoms with Crippen LogP contribution >= 0.6 is 0 Å². The number of halogens is 1. The molecule has 0 amide bonds. The Morgan fingerprint density at radius 2 is 2.05 bits per heavy atom. The third-order valence-electron chi connectivity index (χ3n) is 3.59. The normalized spacial score (nSPS) is 15.0. The topological polar surface area (TPSA) is 80.5 Å². The van der Waals surface area contributed by atoms with Gasteiger partial charge in [0.25, 0.3) is 10.0 Å². The van der Waals surface area contributed by atoms with E-state index < -0.39 is 15.8 Å². The number of aryl methyl sites for hydroxylation is 2. The molecule has 0 saturated heterocycles. The number of rotatable bonds is 2. The molecule has 0 N–H and O–H groups in total. The summed E-state index contributed by atoms with van der Waals surface area (Å²) in [7, 11) is -3.93. The molecule has 0 fully saturated rings. The number of hydrogen-bond acceptors (Lipinski definition) is 5. The zero-order chi connectivity index (χ0) is 16.1. The van der Waals surface area contributed by atoms with E-state index in [1.807, 2.05) is 0 Å². The van der Waals surface area contributed by atoms with Crippen molar-refractivity contribution in [2.24, 2.45) is 0 Å². The average molecular weight is 324 g/mol.